The maximum absolute atomic E-state index is 11.3. The Balaban J connectivity index is 1.55. The second-order valence-corrected chi connectivity index (χ2v) is 10.1. The standard InChI is InChI=1S/C20H29N3O5S/c1-28-20-15-17(5-8-19(20)23(24)25)16-3-6-18(7-4-16)22-11-9-21(10-12-22)13-14-29(2,26)27/h3,5,8,15,18H,4,6-7,9-14H2,1-2H3. The summed E-state index contributed by atoms with van der Waals surface area (Å²) in [5.74, 6) is 0.516. The molecule has 1 atom stereocenters. The summed E-state index contributed by atoms with van der Waals surface area (Å²) < 4.78 is 27.9. The van der Waals surface area contributed by atoms with Gasteiger partial charge in [0.05, 0.1) is 17.8 Å². The highest BCUT2D eigenvalue weighted by atomic mass is 32.2. The van der Waals surface area contributed by atoms with Gasteiger partial charge in [-0.3, -0.25) is 19.9 Å². The molecule has 1 aromatic carbocycles. The van der Waals surface area contributed by atoms with Crippen LogP contribution in [0.5, 0.6) is 5.75 Å². The van der Waals surface area contributed by atoms with Gasteiger partial charge in [0.25, 0.3) is 0 Å². The fourth-order valence-electron chi connectivity index (χ4n) is 4.09. The van der Waals surface area contributed by atoms with Crippen LogP contribution in [-0.2, 0) is 9.84 Å². The maximum Gasteiger partial charge on any atom is 0.310 e. The molecule has 1 saturated heterocycles. The first-order chi connectivity index (χ1) is 13.8. The monoisotopic (exact) mass is 423 g/mol. The van der Waals surface area contributed by atoms with Crippen LogP contribution in [0.25, 0.3) is 5.57 Å². The summed E-state index contributed by atoms with van der Waals surface area (Å²) in [4.78, 5) is 15.4. The van der Waals surface area contributed by atoms with Crippen LogP contribution in [0, 0.1) is 10.1 Å². The Labute approximate surface area is 172 Å². The van der Waals surface area contributed by atoms with Gasteiger partial charge in [0.1, 0.15) is 9.84 Å². The molecule has 1 aliphatic carbocycles. The van der Waals surface area contributed by atoms with E-state index in [0.717, 1.165) is 51.0 Å². The van der Waals surface area contributed by atoms with Gasteiger partial charge >= 0.3 is 5.69 Å². The molecule has 2 aliphatic rings. The van der Waals surface area contributed by atoms with Gasteiger partial charge in [-0.1, -0.05) is 6.08 Å². The molecule has 160 valence electrons. The fourth-order valence-corrected chi connectivity index (χ4v) is 4.68. The molecule has 0 spiro atoms. The van der Waals surface area contributed by atoms with Gasteiger partial charge in [0, 0.05) is 51.1 Å². The van der Waals surface area contributed by atoms with Crippen LogP contribution in [-0.4, -0.2) is 81.0 Å². The summed E-state index contributed by atoms with van der Waals surface area (Å²) in [6.45, 7) is 4.35. The van der Waals surface area contributed by atoms with Crippen LogP contribution >= 0.6 is 0 Å². The molecule has 1 fully saturated rings. The highest BCUT2D eigenvalue weighted by molar-refractivity contribution is 7.90. The fraction of sp³-hybridized carbons (Fsp3) is 0.600. The van der Waals surface area contributed by atoms with Gasteiger partial charge in [0.2, 0.25) is 0 Å². The first-order valence-corrected chi connectivity index (χ1v) is 12.0. The van der Waals surface area contributed by atoms with Gasteiger partial charge in [0.15, 0.2) is 5.75 Å². The van der Waals surface area contributed by atoms with Gasteiger partial charge in [-0.25, -0.2) is 8.42 Å². The lowest BCUT2D eigenvalue weighted by Crippen LogP contribution is -2.51. The molecule has 1 aromatic rings. The van der Waals surface area contributed by atoms with E-state index >= 15 is 0 Å². The summed E-state index contributed by atoms with van der Waals surface area (Å²) in [6.07, 6.45) is 6.47. The summed E-state index contributed by atoms with van der Waals surface area (Å²) in [6, 6.07) is 5.56. The Morgan fingerprint density at radius 2 is 1.97 bits per heavy atom. The molecule has 0 bridgehead atoms. The van der Waals surface area contributed by atoms with E-state index in [0.29, 0.717) is 18.3 Å². The van der Waals surface area contributed by atoms with Crippen molar-refractivity contribution in [1.82, 2.24) is 9.80 Å². The molecule has 9 heteroatoms. The minimum atomic E-state index is -2.91. The maximum atomic E-state index is 11.3. The lowest BCUT2D eigenvalue weighted by Gasteiger charge is -2.40. The van der Waals surface area contributed by atoms with Crippen molar-refractivity contribution in [3.8, 4) is 5.75 Å². The molecule has 8 nitrogen and oxygen atoms in total. The number of nitro groups is 1. The zero-order valence-corrected chi connectivity index (χ0v) is 17.9. The third kappa shape index (κ3) is 5.77. The van der Waals surface area contributed by atoms with Crippen LogP contribution in [0.15, 0.2) is 24.3 Å². The topological polar surface area (TPSA) is 93.0 Å². The number of piperazine rings is 1. The van der Waals surface area contributed by atoms with Crippen LogP contribution in [0.2, 0.25) is 0 Å². The van der Waals surface area contributed by atoms with E-state index in [4.69, 9.17) is 4.74 Å². The highest BCUT2D eigenvalue weighted by Crippen LogP contribution is 2.34. The number of hydrogen-bond donors (Lipinski definition) is 0. The van der Waals surface area contributed by atoms with Crippen molar-refractivity contribution in [2.75, 3.05) is 51.8 Å². The van der Waals surface area contributed by atoms with Crippen molar-refractivity contribution < 1.29 is 18.1 Å². The lowest BCUT2D eigenvalue weighted by atomic mass is 9.89. The van der Waals surface area contributed by atoms with Crippen molar-refractivity contribution in [1.29, 1.82) is 0 Å². The zero-order valence-electron chi connectivity index (χ0n) is 17.0. The average molecular weight is 424 g/mol. The van der Waals surface area contributed by atoms with E-state index in [2.05, 4.69) is 15.9 Å². The smallest absolute Gasteiger partial charge is 0.310 e. The summed E-state index contributed by atoms with van der Waals surface area (Å²) in [5, 5.41) is 11.1. The number of methoxy groups -OCH3 is 1. The number of nitrogens with zero attached hydrogens (tertiary/aromatic N) is 3. The van der Waals surface area contributed by atoms with Crippen molar-refractivity contribution in [2.24, 2.45) is 0 Å². The lowest BCUT2D eigenvalue weighted by molar-refractivity contribution is -0.385. The Kier molecular flexibility index (Phi) is 6.92. The van der Waals surface area contributed by atoms with Crippen LogP contribution < -0.4 is 4.74 Å². The van der Waals surface area contributed by atoms with Crippen molar-refractivity contribution in [3.63, 3.8) is 0 Å². The number of rotatable bonds is 7. The molecule has 3 rings (SSSR count). The van der Waals surface area contributed by atoms with Crippen molar-refractivity contribution in [2.45, 2.75) is 25.3 Å². The van der Waals surface area contributed by atoms with Crippen molar-refractivity contribution in [3.05, 3.63) is 40.0 Å². The second-order valence-electron chi connectivity index (χ2n) is 7.81. The first kappa shape index (κ1) is 21.7. The quantitative estimate of drug-likeness (QED) is 0.490. The molecular formula is C20H29N3O5S. The van der Waals surface area contributed by atoms with Gasteiger partial charge in [-0.2, -0.15) is 0 Å². The van der Waals surface area contributed by atoms with Crippen molar-refractivity contribution >= 4 is 21.1 Å². The predicted molar refractivity (Wildman–Crippen MR) is 113 cm³/mol. The number of hydrogen-bond acceptors (Lipinski definition) is 7. The van der Waals surface area contributed by atoms with Crippen LogP contribution in [0.4, 0.5) is 5.69 Å². The van der Waals surface area contributed by atoms with E-state index in [1.54, 1.807) is 12.1 Å². The van der Waals surface area contributed by atoms with E-state index in [-0.39, 0.29) is 11.4 Å². The first-order valence-electron chi connectivity index (χ1n) is 9.93. The molecule has 0 amide bonds. The van der Waals surface area contributed by atoms with Gasteiger partial charge in [-0.05, 0) is 42.5 Å². The minimum Gasteiger partial charge on any atom is -0.490 e. The number of benzene rings is 1. The highest BCUT2D eigenvalue weighted by Gasteiger charge is 2.26. The normalized spacial score (nSPS) is 21.6. The number of ether oxygens (including phenoxy) is 1. The Morgan fingerprint density at radius 3 is 2.52 bits per heavy atom. The SMILES string of the molecule is COc1cc(C2=CCC(N3CCN(CCS(C)(=O)=O)CC3)CC2)ccc1[N+](=O)[O-]. The summed E-state index contributed by atoms with van der Waals surface area (Å²) in [7, 11) is -1.46. The molecule has 1 heterocycles. The molecule has 29 heavy (non-hydrogen) atoms. The zero-order chi connectivity index (χ0) is 21.0. The number of nitro benzene ring substituents is 1. The Bertz CT molecular complexity index is 876. The number of sulfone groups is 1. The number of allylic oxidation sites excluding steroid dienone is 1. The molecule has 1 unspecified atom stereocenters. The largest absolute Gasteiger partial charge is 0.490 e. The van der Waals surface area contributed by atoms with E-state index in [9.17, 15) is 18.5 Å². The summed E-state index contributed by atoms with van der Waals surface area (Å²) >= 11 is 0. The Morgan fingerprint density at radius 1 is 1.24 bits per heavy atom. The minimum absolute atomic E-state index is 0.0146. The van der Waals surface area contributed by atoms with E-state index in [1.807, 2.05) is 0 Å². The second kappa shape index (κ2) is 9.23. The third-order valence-corrected chi connectivity index (χ3v) is 6.76. The van der Waals surface area contributed by atoms with Gasteiger partial charge in [-0.15, -0.1) is 0 Å². The van der Waals surface area contributed by atoms with Gasteiger partial charge < -0.3 is 4.74 Å². The Hall–Kier alpha value is -1.97. The third-order valence-electron chi connectivity index (χ3n) is 5.83. The molecule has 0 aromatic heterocycles. The van der Waals surface area contributed by atoms with Crippen LogP contribution in [0.1, 0.15) is 24.8 Å². The van der Waals surface area contributed by atoms with E-state index < -0.39 is 14.8 Å². The molecular weight excluding hydrogens is 394 g/mol. The van der Waals surface area contributed by atoms with Crippen LogP contribution in [0.3, 0.4) is 0 Å². The predicted octanol–water partition coefficient (Wildman–Crippen LogP) is 2.20. The molecule has 0 saturated carbocycles. The average Bonchev–Trinajstić information content (AvgIpc) is 2.71. The summed E-state index contributed by atoms with van der Waals surface area (Å²) in [5.41, 5.74) is 2.18. The molecule has 0 N–H and O–H groups in total. The van der Waals surface area contributed by atoms with E-state index in [1.165, 1.54) is 25.0 Å². The molecule has 0 radical (unpaired) electrons. The molecule has 1 aliphatic heterocycles.